The average Bonchev–Trinajstić information content (AvgIpc) is 2.36. The number of nitrogens with zero attached hydrogens (tertiary/aromatic N) is 2. The molecule has 0 aromatic heterocycles. The number of hydrogen-bond acceptors (Lipinski definition) is 4. The molecule has 1 heterocycles. The lowest BCUT2D eigenvalue weighted by Gasteiger charge is -2.40. The van der Waals surface area contributed by atoms with E-state index in [4.69, 9.17) is 5.26 Å². The summed E-state index contributed by atoms with van der Waals surface area (Å²) in [7, 11) is 0. The minimum absolute atomic E-state index is 0.176. The third-order valence-electron chi connectivity index (χ3n) is 3.36. The molecule has 0 unspecified atom stereocenters. The Morgan fingerprint density at radius 1 is 1.42 bits per heavy atom. The molecule has 0 bridgehead atoms. The molecule has 98 valence electrons. The summed E-state index contributed by atoms with van der Waals surface area (Å²) in [6.07, 6.45) is 0. The van der Waals surface area contributed by atoms with Gasteiger partial charge in [-0.1, -0.05) is 12.1 Å². The van der Waals surface area contributed by atoms with Crippen molar-refractivity contribution in [1.82, 2.24) is 10.2 Å². The Morgan fingerprint density at radius 2 is 2.16 bits per heavy atom. The third kappa shape index (κ3) is 2.64. The minimum atomic E-state index is -0.740. The number of carbonyl (C=O) groups is 2. The van der Waals surface area contributed by atoms with Gasteiger partial charge in [0.15, 0.2) is 0 Å². The molecule has 2 rings (SSSR count). The second-order valence-electron chi connectivity index (χ2n) is 5.10. The highest BCUT2D eigenvalue weighted by atomic mass is 16.2. The van der Waals surface area contributed by atoms with Crippen LogP contribution in [0.25, 0.3) is 0 Å². The van der Waals surface area contributed by atoms with E-state index in [-0.39, 0.29) is 18.4 Å². The van der Waals surface area contributed by atoms with E-state index in [1.165, 1.54) is 0 Å². The largest absolute Gasteiger partial charge is 0.294 e. The zero-order chi connectivity index (χ0) is 14.0. The van der Waals surface area contributed by atoms with Crippen LogP contribution in [0.15, 0.2) is 24.3 Å². The first-order valence-corrected chi connectivity index (χ1v) is 6.02. The quantitative estimate of drug-likeness (QED) is 0.795. The predicted molar refractivity (Wildman–Crippen MR) is 68.8 cm³/mol. The van der Waals surface area contributed by atoms with Crippen LogP contribution in [-0.2, 0) is 16.1 Å². The Kier molecular flexibility index (Phi) is 3.36. The van der Waals surface area contributed by atoms with E-state index in [1.54, 1.807) is 32.0 Å². The van der Waals surface area contributed by atoms with Crippen LogP contribution in [-0.4, -0.2) is 28.8 Å². The number of amides is 2. The summed E-state index contributed by atoms with van der Waals surface area (Å²) < 4.78 is 0. The molecule has 1 N–H and O–H groups in total. The molecule has 1 saturated heterocycles. The first-order valence-electron chi connectivity index (χ1n) is 6.02. The van der Waals surface area contributed by atoms with Crippen molar-refractivity contribution in [2.75, 3.05) is 6.54 Å². The van der Waals surface area contributed by atoms with Crippen molar-refractivity contribution in [3.05, 3.63) is 35.4 Å². The summed E-state index contributed by atoms with van der Waals surface area (Å²) in [5, 5.41) is 11.2. The van der Waals surface area contributed by atoms with Crippen LogP contribution in [0.3, 0.4) is 0 Å². The molecule has 0 spiro atoms. The van der Waals surface area contributed by atoms with Crippen LogP contribution >= 0.6 is 0 Å². The summed E-state index contributed by atoms with van der Waals surface area (Å²) in [6.45, 7) is 4.20. The summed E-state index contributed by atoms with van der Waals surface area (Å²) in [5.74, 6) is -0.582. The van der Waals surface area contributed by atoms with Gasteiger partial charge in [-0.2, -0.15) is 5.26 Å². The van der Waals surface area contributed by atoms with Crippen LogP contribution in [0.2, 0.25) is 0 Å². The summed E-state index contributed by atoms with van der Waals surface area (Å²) in [5.41, 5.74) is 0.744. The fraction of sp³-hybridized carbons (Fsp3) is 0.357. The number of nitrogens with one attached hydrogen (secondary N) is 1. The molecule has 0 atom stereocenters. The average molecular weight is 257 g/mol. The molecule has 5 heteroatoms. The Labute approximate surface area is 111 Å². The number of hydrogen-bond donors (Lipinski definition) is 1. The van der Waals surface area contributed by atoms with E-state index < -0.39 is 5.54 Å². The molecule has 5 nitrogen and oxygen atoms in total. The monoisotopic (exact) mass is 257 g/mol. The van der Waals surface area contributed by atoms with Crippen molar-refractivity contribution >= 4 is 11.8 Å². The fourth-order valence-corrected chi connectivity index (χ4v) is 2.05. The maximum atomic E-state index is 11.8. The maximum absolute atomic E-state index is 11.8. The lowest BCUT2D eigenvalue weighted by atomic mass is 9.97. The van der Waals surface area contributed by atoms with Crippen molar-refractivity contribution in [3.63, 3.8) is 0 Å². The van der Waals surface area contributed by atoms with Crippen LogP contribution in [0.1, 0.15) is 25.0 Å². The van der Waals surface area contributed by atoms with E-state index in [0.717, 1.165) is 5.56 Å². The molecule has 1 aromatic carbocycles. The second-order valence-corrected chi connectivity index (χ2v) is 5.10. The first kappa shape index (κ1) is 13.2. The van der Waals surface area contributed by atoms with Gasteiger partial charge in [0.2, 0.25) is 11.8 Å². The smallest absolute Gasteiger partial charge is 0.246 e. The minimum Gasteiger partial charge on any atom is -0.294 e. The molecular weight excluding hydrogens is 242 g/mol. The lowest BCUT2D eigenvalue weighted by molar-refractivity contribution is -0.145. The highest BCUT2D eigenvalue weighted by Crippen LogP contribution is 2.21. The Balaban J connectivity index is 2.23. The van der Waals surface area contributed by atoms with Gasteiger partial charge in [0.1, 0.15) is 0 Å². The number of rotatable bonds is 2. The summed E-state index contributed by atoms with van der Waals surface area (Å²) in [4.78, 5) is 25.1. The van der Waals surface area contributed by atoms with E-state index in [1.807, 2.05) is 11.0 Å². The van der Waals surface area contributed by atoms with Gasteiger partial charge in [-0.15, -0.1) is 0 Å². The van der Waals surface area contributed by atoms with Gasteiger partial charge in [0.25, 0.3) is 0 Å². The van der Waals surface area contributed by atoms with Gasteiger partial charge in [-0.25, -0.2) is 0 Å². The van der Waals surface area contributed by atoms with Crippen LogP contribution in [0.4, 0.5) is 0 Å². The van der Waals surface area contributed by atoms with Gasteiger partial charge < -0.3 is 0 Å². The van der Waals surface area contributed by atoms with Crippen molar-refractivity contribution in [2.24, 2.45) is 0 Å². The standard InChI is InChI=1S/C14H15N3O2/c1-14(2)13(19)16-12(18)9-17(14)8-11-5-3-4-10(6-11)7-15/h3-6H,8-9H2,1-2H3,(H,16,18,19). The molecular formula is C14H15N3O2. The third-order valence-corrected chi connectivity index (χ3v) is 3.36. The molecule has 1 fully saturated rings. The molecule has 1 aromatic rings. The maximum Gasteiger partial charge on any atom is 0.246 e. The molecule has 0 radical (unpaired) electrons. The van der Waals surface area contributed by atoms with E-state index in [0.29, 0.717) is 12.1 Å². The van der Waals surface area contributed by atoms with Crippen molar-refractivity contribution in [3.8, 4) is 6.07 Å². The van der Waals surface area contributed by atoms with Gasteiger partial charge >= 0.3 is 0 Å². The number of imide groups is 1. The summed E-state index contributed by atoms with van der Waals surface area (Å²) in [6, 6.07) is 9.26. The normalized spacial score (nSPS) is 18.8. The molecule has 0 aliphatic carbocycles. The van der Waals surface area contributed by atoms with Crippen LogP contribution in [0, 0.1) is 11.3 Å². The van der Waals surface area contributed by atoms with Crippen LogP contribution < -0.4 is 5.32 Å². The number of benzene rings is 1. The SMILES string of the molecule is CC1(C)C(=O)NC(=O)CN1Cc1cccc(C#N)c1. The number of piperazine rings is 1. The molecule has 1 aliphatic heterocycles. The molecule has 2 amide bonds. The topological polar surface area (TPSA) is 73.2 Å². The second kappa shape index (κ2) is 4.82. The molecule has 19 heavy (non-hydrogen) atoms. The number of nitriles is 1. The highest BCUT2D eigenvalue weighted by molar-refractivity contribution is 6.02. The first-order chi connectivity index (χ1) is 8.93. The lowest BCUT2D eigenvalue weighted by Crippen LogP contribution is -2.63. The Hall–Kier alpha value is -2.19. The van der Waals surface area contributed by atoms with Gasteiger partial charge in [-0.05, 0) is 31.5 Å². The van der Waals surface area contributed by atoms with Gasteiger partial charge in [0, 0.05) is 6.54 Å². The zero-order valence-corrected chi connectivity index (χ0v) is 10.9. The number of carbonyl (C=O) groups excluding carboxylic acids is 2. The van der Waals surface area contributed by atoms with Gasteiger partial charge in [-0.3, -0.25) is 19.8 Å². The molecule has 0 saturated carbocycles. The fourth-order valence-electron chi connectivity index (χ4n) is 2.05. The van der Waals surface area contributed by atoms with Crippen LogP contribution in [0.5, 0.6) is 0 Å². The van der Waals surface area contributed by atoms with E-state index in [2.05, 4.69) is 11.4 Å². The predicted octanol–water partition coefficient (Wildman–Crippen LogP) is 0.795. The van der Waals surface area contributed by atoms with E-state index >= 15 is 0 Å². The Morgan fingerprint density at radius 3 is 2.84 bits per heavy atom. The van der Waals surface area contributed by atoms with E-state index in [9.17, 15) is 9.59 Å². The zero-order valence-electron chi connectivity index (χ0n) is 10.9. The van der Waals surface area contributed by atoms with Crippen molar-refractivity contribution in [1.29, 1.82) is 5.26 Å². The van der Waals surface area contributed by atoms with Crippen molar-refractivity contribution in [2.45, 2.75) is 25.9 Å². The van der Waals surface area contributed by atoms with Crippen molar-refractivity contribution < 1.29 is 9.59 Å². The highest BCUT2D eigenvalue weighted by Gasteiger charge is 2.40. The molecule has 1 aliphatic rings. The van der Waals surface area contributed by atoms with Gasteiger partial charge in [0.05, 0.1) is 23.7 Å². The Bertz CT molecular complexity index is 572. The summed E-state index contributed by atoms with van der Waals surface area (Å²) >= 11 is 0.